The lowest BCUT2D eigenvalue weighted by atomic mass is 9.44. The van der Waals surface area contributed by atoms with Crippen LogP contribution in [0.3, 0.4) is 0 Å². The average molecular weight is 755 g/mol. The van der Waals surface area contributed by atoms with Crippen molar-refractivity contribution in [2.75, 3.05) is 19.7 Å². The predicted octanol–water partition coefficient (Wildman–Crippen LogP) is 1.81. The van der Waals surface area contributed by atoms with E-state index in [0.717, 1.165) is 0 Å². The summed E-state index contributed by atoms with van der Waals surface area (Å²) >= 11 is 0. The Hall–Kier alpha value is -4.12. The number of furan rings is 1. The molecule has 1 aliphatic heterocycles. The van der Waals surface area contributed by atoms with Crippen LogP contribution in [0.2, 0.25) is 0 Å². The Bertz CT molecular complexity index is 1790. The first-order valence-electron chi connectivity index (χ1n) is 18.3. The largest absolute Gasteiger partial charge is 0.467 e. The summed E-state index contributed by atoms with van der Waals surface area (Å²) in [5.41, 5.74) is -7.53. The van der Waals surface area contributed by atoms with Gasteiger partial charge in [-0.15, -0.1) is 0 Å². The molecule has 11 atom stereocenters. The van der Waals surface area contributed by atoms with Gasteiger partial charge in [-0.3, -0.25) is 4.79 Å². The van der Waals surface area contributed by atoms with Gasteiger partial charge in [0.05, 0.1) is 36.1 Å². The van der Waals surface area contributed by atoms with Crippen molar-refractivity contribution in [2.45, 2.75) is 108 Å². The molecule has 294 valence electrons. The van der Waals surface area contributed by atoms with Crippen molar-refractivity contribution in [3.8, 4) is 0 Å². The van der Waals surface area contributed by atoms with Crippen molar-refractivity contribution >= 4 is 23.8 Å². The van der Waals surface area contributed by atoms with Crippen LogP contribution >= 0.6 is 0 Å². The molecule has 1 aromatic heterocycles. The lowest BCUT2D eigenvalue weighted by Crippen LogP contribution is -2.81. The van der Waals surface area contributed by atoms with E-state index in [-0.39, 0.29) is 35.5 Å². The Morgan fingerprint density at radius 3 is 2.26 bits per heavy atom. The number of carbonyl (C=O) groups is 4. The van der Waals surface area contributed by atoms with E-state index < -0.39 is 101 Å². The summed E-state index contributed by atoms with van der Waals surface area (Å²) < 4.78 is 23.2. The predicted molar refractivity (Wildman–Crippen MR) is 188 cm³/mol. The van der Waals surface area contributed by atoms with E-state index in [0.29, 0.717) is 13.1 Å². The summed E-state index contributed by atoms with van der Waals surface area (Å²) in [5.74, 6) is -4.50. The van der Waals surface area contributed by atoms with Gasteiger partial charge in [0, 0.05) is 37.3 Å². The number of hydrogen-bond acceptors (Lipinski definition) is 13. The third kappa shape index (κ3) is 5.96. The Morgan fingerprint density at radius 2 is 1.69 bits per heavy atom. The average Bonchev–Trinajstić information content (AvgIpc) is 3.68. The molecule has 4 aliphatic rings. The van der Waals surface area contributed by atoms with Gasteiger partial charge in [0.15, 0.2) is 11.9 Å². The van der Waals surface area contributed by atoms with E-state index in [1.165, 1.54) is 49.3 Å². The van der Waals surface area contributed by atoms with Crippen molar-refractivity contribution in [1.82, 2.24) is 10.2 Å². The summed E-state index contributed by atoms with van der Waals surface area (Å²) in [6.07, 6.45) is -9.04. The van der Waals surface area contributed by atoms with Crippen LogP contribution in [-0.2, 0) is 23.8 Å². The van der Waals surface area contributed by atoms with Gasteiger partial charge in [-0.1, -0.05) is 32.0 Å². The molecule has 1 saturated heterocycles. The molecule has 3 fully saturated rings. The highest BCUT2D eigenvalue weighted by Crippen LogP contribution is 2.63. The van der Waals surface area contributed by atoms with Crippen LogP contribution in [0.25, 0.3) is 0 Å². The van der Waals surface area contributed by atoms with Crippen LogP contribution in [-0.4, -0.2) is 122 Å². The molecule has 54 heavy (non-hydrogen) atoms. The van der Waals surface area contributed by atoms with Crippen LogP contribution in [0.15, 0.2) is 64.3 Å². The van der Waals surface area contributed by atoms with Gasteiger partial charge < -0.3 is 54.4 Å². The van der Waals surface area contributed by atoms with Crippen molar-refractivity contribution < 1.29 is 63.3 Å². The van der Waals surface area contributed by atoms with E-state index in [1.807, 2.05) is 0 Å². The number of nitrogens with one attached hydrogen (secondary N) is 1. The first kappa shape index (κ1) is 39.6. The topological polar surface area (TPSA) is 226 Å². The number of rotatable bonds is 9. The highest BCUT2D eigenvalue weighted by atomic mass is 16.6. The number of urea groups is 1. The fraction of sp³-hybridized carbons (Fsp3) is 0.590. The fourth-order valence-corrected chi connectivity index (χ4v) is 9.23. The van der Waals surface area contributed by atoms with Gasteiger partial charge in [-0.2, -0.15) is 0 Å². The van der Waals surface area contributed by atoms with Crippen LogP contribution < -0.4 is 5.32 Å². The molecule has 3 aliphatic carbocycles. The molecule has 0 spiro atoms. The number of benzene rings is 1. The molecule has 6 rings (SSSR count). The first-order valence-corrected chi connectivity index (χ1v) is 18.3. The van der Waals surface area contributed by atoms with Gasteiger partial charge in [-0.25, -0.2) is 14.4 Å². The zero-order chi connectivity index (χ0) is 39.5. The molecule has 0 radical (unpaired) electrons. The number of esters is 2. The molecule has 2 heterocycles. The van der Waals surface area contributed by atoms with Gasteiger partial charge in [0.2, 0.25) is 0 Å². The molecular formula is C39H50N2O13. The van der Waals surface area contributed by atoms with Crippen LogP contribution in [0.5, 0.6) is 0 Å². The Kier molecular flexibility index (Phi) is 10.4. The molecular weight excluding hydrogens is 704 g/mol. The molecule has 2 aromatic rings. The third-order valence-corrected chi connectivity index (χ3v) is 12.6. The summed E-state index contributed by atoms with van der Waals surface area (Å²) in [7, 11) is 0. The smallest absolute Gasteiger partial charge is 0.338 e. The molecule has 2 amide bonds. The molecule has 1 aromatic carbocycles. The Labute approximate surface area is 312 Å². The number of amides is 2. The maximum Gasteiger partial charge on any atom is 0.338 e. The molecule has 15 heteroatoms. The molecule has 2 bridgehead atoms. The highest BCUT2D eigenvalue weighted by molar-refractivity contribution is 5.94. The second kappa shape index (κ2) is 14.2. The standard InChI is InChI=1S/C39H50N2O13/c1-7-41(8-2)35(48)40-27(22-15-12-16-51-22)29(44)34(47)53-23-18-39(50)32(54-33(46)21-13-10-9-11-14-21)30-37(6,24(42)17-25-38(30,49)19-52-25)31(45)28(43)26(20(23)3)36(39,4)5/h9-16,23-25,27-30,32,42-44,49-50H,7-8,17-19H2,1-6H3,(H,40,48)/t23?,24?,25?,27?,28?,29?,30?,32?,37-,38?,39?/m1/s1. The number of Topliss-reactive ketones (excluding diaryl/α,β-unsaturated/α-hetero) is 1. The second-order valence-corrected chi connectivity index (χ2v) is 15.6. The number of carbonyl (C=O) groups excluding carboxylic acids is 4. The van der Waals surface area contributed by atoms with Crippen LogP contribution in [0.1, 0.15) is 76.5 Å². The van der Waals surface area contributed by atoms with E-state index in [1.54, 1.807) is 45.9 Å². The monoisotopic (exact) mass is 754 g/mol. The number of ketones is 1. The Balaban J connectivity index is 1.45. The van der Waals surface area contributed by atoms with Crippen molar-refractivity contribution in [1.29, 1.82) is 0 Å². The summed E-state index contributed by atoms with van der Waals surface area (Å²) in [4.78, 5) is 57.0. The summed E-state index contributed by atoms with van der Waals surface area (Å²) in [6, 6.07) is 8.89. The number of aliphatic hydroxyl groups is 5. The molecule has 2 saturated carbocycles. The maximum absolute atomic E-state index is 14.7. The van der Waals surface area contributed by atoms with Gasteiger partial charge in [0.1, 0.15) is 41.3 Å². The zero-order valence-electron chi connectivity index (χ0n) is 31.2. The lowest BCUT2D eigenvalue weighted by Gasteiger charge is -2.66. The summed E-state index contributed by atoms with van der Waals surface area (Å²) in [5, 5.41) is 63.1. The highest BCUT2D eigenvalue weighted by Gasteiger charge is 2.76. The van der Waals surface area contributed by atoms with E-state index in [4.69, 9.17) is 18.6 Å². The minimum absolute atomic E-state index is 0.0439. The first-order chi connectivity index (χ1) is 25.4. The van der Waals surface area contributed by atoms with Crippen molar-refractivity contribution in [3.05, 3.63) is 71.2 Å². The quantitative estimate of drug-likeness (QED) is 0.159. The van der Waals surface area contributed by atoms with Crippen molar-refractivity contribution in [3.63, 3.8) is 0 Å². The minimum atomic E-state index is -2.31. The normalized spacial score (nSPS) is 35.2. The van der Waals surface area contributed by atoms with Crippen molar-refractivity contribution in [2.24, 2.45) is 16.7 Å². The Morgan fingerprint density at radius 1 is 1.02 bits per heavy atom. The SMILES string of the molecule is CCN(CC)C(=O)NC(c1ccco1)C(O)C(=O)OC1CC2(O)C(OC(=O)c3ccccc3)C3C4(O)COC4CC(O)[C@@]3(C)C(=O)C(O)C(=C1C)C2(C)C. The maximum atomic E-state index is 14.7. The van der Waals surface area contributed by atoms with Crippen LogP contribution in [0.4, 0.5) is 4.79 Å². The van der Waals surface area contributed by atoms with E-state index >= 15 is 0 Å². The van der Waals surface area contributed by atoms with Crippen LogP contribution in [0, 0.1) is 16.7 Å². The van der Waals surface area contributed by atoms with Gasteiger partial charge in [0.25, 0.3) is 0 Å². The van der Waals surface area contributed by atoms with Gasteiger partial charge in [-0.05, 0) is 63.1 Å². The van der Waals surface area contributed by atoms with E-state index in [2.05, 4.69) is 5.32 Å². The summed E-state index contributed by atoms with van der Waals surface area (Å²) in [6.45, 7) is 9.89. The molecule has 10 unspecified atom stereocenters. The second-order valence-electron chi connectivity index (χ2n) is 15.6. The van der Waals surface area contributed by atoms with Gasteiger partial charge >= 0.3 is 18.0 Å². The number of aliphatic hydroxyl groups excluding tert-OH is 3. The lowest BCUT2D eigenvalue weighted by molar-refractivity contribution is -0.343. The minimum Gasteiger partial charge on any atom is -0.467 e. The molecule has 15 nitrogen and oxygen atoms in total. The number of nitrogens with zero attached hydrogens (tertiary/aromatic N) is 1. The molecule has 6 N–H and O–H groups in total. The van der Waals surface area contributed by atoms with E-state index in [9.17, 15) is 44.7 Å². The fourth-order valence-electron chi connectivity index (χ4n) is 9.23. The number of hydrogen-bond donors (Lipinski definition) is 6. The zero-order valence-corrected chi connectivity index (χ0v) is 31.2. The number of fused-ring (bicyclic) bond motifs is 5. The number of ether oxygens (including phenoxy) is 3. The third-order valence-electron chi connectivity index (χ3n) is 12.6.